The standard InChI is InChI=1S/C31H42N4O6/c1-24-6-8-27(16-25(24)2)41-22-31(37)20-34(13-14-35(21-31)30(36)19-38-3)18-26-7-9-28(29(17-26)39-4)40-15-5-11-33-12-10-32-23-33/h6-10,12,16-17,23,37H,5,11,13-15,18-22H2,1-4H3/t31-/m0/s1. The number of hydrogen-bond acceptors (Lipinski definition) is 8. The molecule has 2 aromatic carbocycles. The van der Waals surface area contributed by atoms with Crippen molar-refractivity contribution in [2.24, 2.45) is 0 Å². The highest BCUT2D eigenvalue weighted by Gasteiger charge is 2.37. The number of carbonyl (C=O) groups excluding carboxylic acids is 1. The van der Waals surface area contributed by atoms with E-state index < -0.39 is 5.60 Å². The number of aliphatic hydroxyl groups is 1. The fourth-order valence-corrected chi connectivity index (χ4v) is 4.95. The van der Waals surface area contributed by atoms with Crippen LogP contribution in [0, 0.1) is 13.8 Å². The lowest BCUT2D eigenvalue weighted by atomic mass is 10.0. The summed E-state index contributed by atoms with van der Waals surface area (Å²) in [5.41, 5.74) is 2.03. The summed E-state index contributed by atoms with van der Waals surface area (Å²) in [6.45, 7) is 7.61. The zero-order valence-corrected chi connectivity index (χ0v) is 24.5. The Bertz CT molecular complexity index is 1270. The molecule has 1 saturated heterocycles. The van der Waals surface area contributed by atoms with Gasteiger partial charge in [-0.15, -0.1) is 0 Å². The Morgan fingerprint density at radius 2 is 1.88 bits per heavy atom. The van der Waals surface area contributed by atoms with Crippen molar-refractivity contribution in [3.8, 4) is 17.2 Å². The van der Waals surface area contributed by atoms with Crippen molar-refractivity contribution < 1.29 is 28.8 Å². The molecule has 222 valence electrons. The summed E-state index contributed by atoms with van der Waals surface area (Å²) >= 11 is 0. The maximum Gasteiger partial charge on any atom is 0.248 e. The van der Waals surface area contributed by atoms with E-state index in [4.69, 9.17) is 18.9 Å². The molecule has 1 N–H and O–H groups in total. The topological polar surface area (TPSA) is 98.5 Å². The van der Waals surface area contributed by atoms with Gasteiger partial charge in [-0.25, -0.2) is 4.98 Å². The summed E-state index contributed by atoms with van der Waals surface area (Å²) in [5.74, 6) is 1.88. The Kier molecular flexibility index (Phi) is 10.6. The van der Waals surface area contributed by atoms with Gasteiger partial charge < -0.3 is 33.5 Å². The summed E-state index contributed by atoms with van der Waals surface area (Å²) in [6.07, 6.45) is 6.33. The van der Waals surface area contributed by atoms with Crippen LogP contribution < -0.4 is 14.2 Å². The van der Waals surface area contributed by atoms with E-state index in [-0.39, 0.29) is 25.7 Å². The quantitative estimate of drug-likeness (QED) is 0.315. The van der Waals surface area contributed by atoms with Crippen LogP contribution in [0.3, 0.4) is 0 Å². The third-order valence-electron chi connectivity index (χ3n) is 7.31. The van der Waals surface area contributed by atoms with E-state index in [0.29, 0.717) is 50.0 Å². The number of methoxy groups -OCH3 is 2. The van der Waals surface area contributed by atoms with Crippen molar-refractivity contribution in [1.82, 2.24) is 19.4 Å². The maximum absolute atomic E-state index is 12.8. The number of aryl methyl sites for hydroxylation is 3. The highest BCUT2D eigenvalue weighted by atomic mass is 16.5. The van der Waals surface area contributed by atoms with E-state index in [0.717, 1.165) is 24.1 Å². The molecule has 0 aliphatic carbocycles. The molecule has 1 aliphatic rings. The van der Waals surface area contributed by atoms with Crippen molar-refractivity contribution in [3.05, 3.63) is 71.8 Å². The number of aromatic nitrogens is 2. The predicted molar refractivity (Wildman–Crippen MR) is 155 cm³/mol. The molecule has 10 heteroatoms. The summed E-state index contributed by atoms with van der Waals surface area (Å²) in [6, 6.07) is 11.8. The summed E-state index contributed by atoms with van der Waals surface area (Å²) in [7, 11) is 3.13. The van der Waals surface area contributed by atoms with Crippen molar-refractivity contribution >= 4 is 5.91 Å². The van der Waals surface area contributed by atoms with Gasteiger partial charge in [-0.05, 0) is 61.2 Å². The Hall–Kier alpha value is -3.60. The molecule has 10 nitrogen and oxygen atoms in total. The highest BCUT2D eigenvalue weighted by Crippen LogP contribution is 2.29. The van der Waals surface area contributed by atoms with Gasteiger partial charge in [-0.3, -0.25) is 9.69 Å². The Morgan fingerprint density at radius 3 is 2.61 bits per heavy atom. The van der Waals surface area contributed by atoms with E-state index in [2.05, 4.69) is 9.88 Å². The number of nitrogens with zero attached hydrogens (tertiary/aromatic N) is 4. The number of imidazole rings is 1. The van der Waals surface area contributed by atoms with E-state index in [1.807, 2.05) is 61.0 Å². The molecule has 1 aliphatic heterocycles. The van der Waals surface area contributed by atoms with Crippen molar-refractivity contribution in [2.75, 3.05) is 60.2 Å². The fraction of sp³-hybridized carbons (Fsp3) is 0.484. The lowest BCUT2D eigenvalue weighted by Gasteiger charge is -2.33. The van der Waals surface area contributed by atoms with Gasteiger partial charge in [0.25, 0.3) is 0 Å². The minimum atomic E-state index is -1.28. The number of rotatable bonds is 13. The summed E-state index contributed by atoms with van der Waals surface area (Å²) in [4.78, 5) is 20.6. The number of ether oxygens (including phenoxy) is 4. The number of carbonyl (C=O) groups is 1. The predicted octanol–water partition coefficient (Wildman–Crippen LogP) is 3.08. The Morgan fingerprint density at radius 1 is 1.02 bits per heavy atom. The minimum Gasteiger partial charge on any atom is -0.493 e. The van der Waals surface area contributed by atoms with Crippen LogP contribution in [0.15, 0.2) is 55.1 Å². The van der Waals surface area contributed by atoms with E-state index in [9.17, 15) is 9.90 Å². The first-order valence-electron chi connectivity index (χ1n) is 14.0. The van der Waals surface area contributed by atoms with Gasteiger partial charge in [0.05, 0.1) is 26.6 Å². The Labute approximate surface area is 242 Å². The van der Waals surface area contributed by atoms with Gasteiger partial charge in [-0.2, -0.15) is 0 Å². The van der Waals surface area contributed by atoms with E-state index >= 15 is 0 Å². The minimum absolute atomic E-state index is 0.0327. The van der Waals surface area contributed by atoms with Crippen LogP contribution in [0.25, 0.3) is 0 Å². The molecular formula is C31H42N4O6. The first kappa shape index (κ1) is 30.4. The molecule has 1 fully saturated rings. The lowest BCUT2D eigenvalue weighted by molar-refractivity contribution is -0.138. The molecule has 2 heterocycles. The average molecular weight is 567 g/mol. The van der Waals surface area contributed by atoms with Crippen molar-refractivity contribution in [2.45, 2.75) is 39.0 Å². The number of benzene rings is 2. The second-order valence-electron chi connectivity index (χ2n) is 10.7. The van der Waals surface area contributed by atoms with Gasteiger partial charge in [0, 0.05) is 52.2 Å². The lowest BCUT2D eigenvalue weighted by Crippen LogP contribution is -2.52. The van der Waals surface area contributed by atoms with E-state index in [1.165, 1.54) is 12.7 Å². The van der Waals surface area contributed by atoms with E-state index in [1.54, 1.807) is 24.5 Å². The van der Waals surface area contributed by atoms with Gasteiger partial charge in [0.15, 0.2) is 11.5 Å². The Balaban J connectivity index is 1.42. The van der Waals surface area contributed by atoms with Gasteiger partial charge in [0.2, 0.25) is 5.91 Å². The zero-order chi connectivity index (χ0) is 29.2. The molecular weight excluding hydrogens is 524 g/mol. The van der Waals surface area contributed by atoms with Gasteiger partial charge in [-0.1, -0.05) is 12.1 Å². The number of amides is 1. The molecule has 41 heavy (non-hydrogen) atoms. The average Bonchev–Trinajstić information content (AvgIpc) is 3.42. The molecule has 0 saturated carbocycles. The molecule has 1 amide bonds. The second-order valence-corrected chi connectivity index (χ2v) is 10.7. The van der Waals surface area contributed by atoms with Crippen molar-refractivity contribution in [3.63, 3.8) is 0 Å². The van der Waals surface area contributed by atoms with Gasteiger partial charge >= 0.3 is 0 Å². The van der Waals surface area contributed by atoms with Crippen molar-refractivity contribution in [1.29, 1.82) is 0 Å². The van der Waals surface area contributed by atoms with Crippen LogP contribution in [0.1, 0.15) is 23.1 Å². The molecule has 0 spiro atoms. The molecule has 4 rings (SSSR count). The van der Waals surface area contributed by atoms with Crippen LogP contribution in [0.2, 0.25) is 0 Å². The summed E-state index contributed by atoms with van der Waals surface area (Å²) in [5, 5.41) is 11.8. The highest BCUT2D eigenvalue weighted by molar-refractivity contribution is 5.77. The van der Waals surface area contributed by atoms with Crippen LogP contribution >= 0.6 is 0 Å². The monoisotopic (exact) mass is 566 g/mol. The third-order valence-corrected chi connectivity index (χ3v) is 7.31. The summed E-state index contributed by atoms with van der Waals surface area (Å²) < 4.78 is 24.8. The fourth-order valence-electron chi connectivity index (χ4n) is 4.95. The first-order valence-corrected chi connectivity index (χ1v) is 14.0. The molecule has 1 aromatic heterocycles. The molecule has 0 radical (unpaired) electrons. The van der Waals surface area contributed by atoms with Gasteiger partial charge in [0.1, 0.15) is 24.6 Å². The number of β-amino-alcohol motifs (C(OH)–C–C–N with tert-alkyl or cyclic N) is 1. The smallest absolute Gasteiger partial charge is 0.248 e. The molecule has 3 aromatic rings. The third kappa shape index (κ3) is 8.69. The molecule has 1 atom stereocenters. The normalized spacial score (nSPS) is 17.7. The zero-order valence-electron chi connectivity index (χ0n) is 24.5. The van der Waals surface area contributed by atoms with Crippen LogP contribution in [-0.2, 0) is 22.6 Å². The largest absolute Gasteiger partial charge is 0.493 e. The van der Waals surface area contributed by atoms with Crippen LogP contribution in [-0.4, -0.2) is 96.2 Å². The van der Waals surface area contributed by atoms with Crippen LogP contribution in [0.4, 0.5) is 0 Å². The first-order chi connectivity index (χ1) is 19.8. The molecule has 0 unspecified atom stereocenters. The maximum atomic E-state index is 12.8. The molecule has 0 bridgehead atoms. The van der Waals surface area contributed by atoms with Crippen LogP contribution in [0.5, 0.6) is 17.2 Å². The second kappa shape index (κ2) is 14.3. The number of hydrogen-bond donors (Lipinski definition) is 1. The SMILES string of the molecule is COCC(=O)N1CCN(Cc2ccc(OCCCn3ccnc3)c(OC)c2)C[C@@](O)(COc2ccc(C)c(C)c2)C1.